The molecule has 0 saturated carbocycles. The number of carbonyl (C=O) groups is 3. The molecule has 3 amide bonds. The molecule has 0 unspecified atom stereocenters. The first-order valence-corrected chi connectivity index (χ1v) is 6.68. The Morgan fingerprint density at radius 1 is 1.14 bits per heavy atom. The minimum atomic E-state index is -0.399. The van der Waals surface area contributed by atoms with Crippen molar-refractivity contribution in [3.8, 4) is 0 Å². The number of amides is 3. The Kier molecular flexibility index (Phi) is 3.21. The summed E-state index contributed by atoms with van der Waals surface area (Å²) in [5, 5.41) is 2.70. The Bertz CT molecular complexity index is 814. The van der Waals surface area contributed by atoms with Gasteiger partial charge in [-0.1, -0.05) is 6.07 Å². The molecule has 0 spiro atoms. The lowest BCUT2D eigenvalue weighted by atomic mass is 10.1. The van der Waals surface area contributed by atoms with Gasteiger partial charge in [-0.25, -0.2) is 4.98 Å². The van der Waals surface area contributed by atoms with Crippen LogP contribution in [0.1, 0.15) is 36.6 Å². The number of aryl methyl sites for hydroxylation is 1. The molecular weight excluding hydrogens is 282 g/mol. The predicted molar refractivity (Wildman–Crippen MR) is 79.8 cm³/mol. The summed E-state index contributed by atoms with van der Waals surface area (Å²) in [6.07, 6.45) is 1.59. The van der Waals surface area contributed by atoms with Gasteiger partial charge in [0.05, 0.1) is 11.1 Å². The summed E-state index contributed by atoms with van der Waals surface area (Å²) in [5.41, 5.74) is 1.71. The number of benzene rings is 1. The number of pyridine rings is 1. The number of aromatic nitrogens is 1. The third-order valence-corrected chi connectivity index (χ3v) is 3.59. The van der Waals surface area contributed by atoms with Gasteiger partial charge in [0.2, 0.25) is 0 Å². The summed E-state index contributed by atoms with van der Waals surface area (Å²) < 4.78 is 0. The molecule has 0 saturated heterocycles. The second kappa shape index (κ2) is 5.07. The molecule has 1 aromatic carbocycles. The van der Waals surface area contributed by atoms with E-state index in [0.29, 0.717) is 16.9 Å². The van der Waals surface area contributed by atoms with E-state index in [-0.39, 0.29) is 17.4 Å². The number of rotatable bonds is 2. The van der Waals surface area contributed by atoms with E-state index >= 15 is 0 Å². The zero-order valence-electron chi connectivity index (χ0n) is 12.1. The number of imide groups is 1. The third kappa shape index (κ3) is 2.14. The summed E-state index contributed by atoms with van der Waals surface area (Å²) >= 11 is 0. The molecule has 1 N–H and O–H groups in total. The summed E-state index contributed by atoms with van der Waals surface area (Å²) in [7, 11) is 1.42. The predicted octanol–water partition coefficient (Wildman–Crippen LogP) is 1.87. The van der Waals surface area contributed by atoms with Gasteiger partial charge in [0.15, 0.2) is 0 Å². The van der Waals surface area contributed by atoms with Crippen LogP contribution in [0.25, 0.3) is 0 Å². The van der Waals surface area contributed by atoms with Crippen molar-refractivity contribution in [3.63, 3.8) is 0 Å². The standard InChI is InChI=1S/C16H13N3O3/c1-9-4-3-7-17-13(9)18-14(20)10-5-6-11-12(8-10)16(22)19(2)15(11)21/h3-8H,1-2H3,(H,17,18,20). The van der Waals surface area contributed by atoms with Crippen molar-refractivity contribution in [1.29, 1.82) is 0 Å². The zero-order valence-corrected chi connectivity index (χ0v) is 12.1. The lowest BCUT2D eigenvalue weighted by Crippen LogP contribution is -2.24. The monoisotopic (exact) mass is 295 g/mol. The highest BCUT2D eigenvalue weighted by Gasteiger charge is 2.33. The van der Waals surface area contributed by atoms with Crippen molar-refractivity contribution in [2.45, 2.75) is 6.92 Å². The van der Waals surface area contributed by atoms with E-state index in [1.165, 1.54) is 25.2 Å². The molecule has 0 atom stereocenters. The molecule has 0 radical (unpaired) electrons. The third-order valence-electron chi connectivity index (χ3n) is 3.59. The first kappa shape index (κ1) is 13.9. The molecule has 0 aliphatic carbocycles. The van der Waals surface area contributed by atoms with Gasteiger partial charge < -0.3 is 5.32 Å². The number of nitrogens with one attached hydrogen (secondary N) is 1. The van der Waals surface area contributed by atoms with Crippen LogP contribution in [0.5, 0.6) is 0 Å². The van der Waals surface area contributed by atoms with Crippen LogP contribution in [-0.4, -0.2) is 34.7 Å². The Hall–Kier alpha value is -3.02. The minimum absolute atomic E-state index is 0.248. The highest BCUT2D eigenvalue weighted by molar-refractivity contribution is 6.22. The normalized spacial score (nSPS) is 13.3. The van der Waals surface area contributed by atoms with E-state index in [9.17, 15) is 14.4 Å². The SMILES string of the molecule is Cc1cccnc1NC(=O)c1ccc2c(c1)C(=O)N(C)C2=O. The van der Waals surface area contributed by atoms with Crippen molar-refractivity contribution in [1.82, 2.24) is 9.88 Å². The Morgan fingerprint density at radius 3 is 2.59 bits per heavy atom. The van der Waals surface area contributed by atoms with Gasteiger partial charge >= 0.3 is 0 Å². The maximum Gasteiger partial charge on any atom is 0.261 e. The molecule has 1 aromatic heterocycles. The molecule has 0 bridgehead atoms. The van der Waals surface area contributed by atoms with Crippen molar-refractivity contribution in [2.75, 3.05) is 12.4 Å². The molecule has 110 valence electrons. The number of carbonyl (C=O) groups excluding carboxylic acids is 3. The highest BCUT2D eigenvalue weighted by Crippen LogP contribution is 2.23. The number of hydrogen-bond donors (Lipinski definition) is 1. The van der Waals surface area contributed by atoms with Crippen LogP contribution in [0.15, 0.2) is 36.5 Å². The van der Waals surface area contributed by atoms with Crippen LogP contribution in [0, 0.1) is 6.92 Å². The number of nitrogens with zero attached hydrogens (tertiary/aromatic N) is 2. The lowest BCUT2D eigenvalue weighted by Gasteiger charge is -2.07. The quantitative estimate of drug-likeness (QED) is 0.858. The molecule has 6 nitrogen and oxygen atoms in total. The van der Waals surface area contributed by atoms with E-state index < -0.39 is 5.91 Å². The van der Waals surface area contributed by atoms with Crippen LogP contribution >= 0.6 is 0 Å². The van der Waals surface area contributed by atoms with Crippen LogP contribution in [0.3, 0.4) is 0 Å². The van der Waals surface area contributed by atoms with E-state index in [0.717, 1.165) is 10.5 Å². The van der Waals surface area contributed by atoms with Gasteiger partial charge in [-0.15, -0.1) is 0 Å². The maximum absolute atomic E-state index is 12.3. The van der Waals surface area contributed by atoms with Gasteiger partial charge in [-0.3, -0.25) is 19.3 Å². The van der Waals surface area contributed by atoms with Crippen LogP contribution < -0.4 is 5.32 Å². The Balaban J connectivity index is 1.91. The second-order valence-corrected chi connectivity index (χ2v) is 5.05. The first-order chi connectivity index (χ1) is 10.5. The zero-order chi connectivity index (χ0) is 15.9. The van der Waals surface area contributed by atoms with Gasteiger partial charge in [0.25, 0.3) is 17.7 Å². The molecule has 2 heterocycles. The summed E-state index contributed by atoms with van der Waals surface area (Å²) in [5.74, 6) is -0.664. The van der Waals surface area contributed by atoms with Crippen molar-refractivity contribution in [2.24, 2.45) is 0 Å². The molecule has 22 heavy (non-hydrogen) atoms. The van der Waals surface area contributed by atoms with Gasteiger partial charge in [0.1, 0.15) is 5.82 Å². The molecule has 3 rings (SSSR count). The largest absolute Gasteiger partial charge is 0.306 e. The maximum atomic E-state index is 12.3. The topological polar surface area (TPSA) is 79.4 Å². The number of hydrogen-bond acceptors (Lipinski definition) is 4. The van der Waals surface area contributed by atoms with Crippen LogP contribution in [0.2, 0.25) is 0 Å². The average molecular weight is 295 g/mol. The van der Waals surface area contributed by atoms with Gasteiger partial charge in [-0.2, -0.15) is 0 Å². The fourth-order valence-electron chi connectivity index (χ4n) is 2.30. The Labute approximate surface area is 126 Å². The van der Waals surface area contributed by atoms with E-state index in [1.54, 1.807) is 12.3 Å². The highest BCUT2D eigenvalue weighted by atomic mass is 16.2. The molecule has 1 aliphatic rings. The van der Waals surface area contributed by atoms with Crippen LogP contribution in [-0.2, 0) is 0 Å². The fraction of sp³-hybridized carbons (Fsp3) is 0.125. The Morgan fingerprint density at radius 2 is 1.86 bits per heavy atom. The van der Waals surface area contributed by atoms with Gasteiger partial charge in [0, 0.05) is 18.8 Å². The van der Waals surface area contributed by atoms with Gasteiger partial charge in [-0.05, 0) is 36.8 Å². The number of fused-ring (bicyclic) bond motifs is 1. The first-order valence-electron chi connectivity index (χ1n) is 6.68. The fourth-order valence-corrected chi connectivity index (χ4v) is 2.30. The summed E-state index contributed by atoms with van der Waals surface area (Å²) in [6, 6.07) is 8.08. The lowest BCUT2D eigenvalue weighted by molar-refractivity contribution is 0.0693. The van der Waals surface area contributed by atoms with Crippen molar-refractivity contribution >= 4 is 23.5 Å². The molecule has 6 heteroatoms. The average Bonchev–Trinajstić information content (AvgIpc) is 2.74. The van der Waals surface area contributed by atoms with Crippen molar-refractivity contribution < 1.29 is 14.4 Å². The summed E-state index contributed by atoms with van der Waals surface area (Å²) in [4.78, 5) is 41.2. The molecule has 0 fully saturated rings. The smallest absolute Gasteiger partial charge is 0.261 e. The van der Waals surface area contributed by atoms with Crippen molar-refractivity contribution in [3.05, 3.63) is 58.8 Å². The minimum Gasteiger partial charge on any atom is -0.306 e. The molecule has 1 aliphatic heterocycles. The summed E-state index contributed by atoms with van der Waals surface area (Å²) in [6.45, 7) is 1.84. The second-order valence-electron chi connectivity index (χ2n) is 5.05. The number of anilines is 1. The van der Waals surface area contributed by atoms with Crippen LogP contribution in [0.4, 0.5) is 5.82 Å². The van der Waals surface area contributed by atoms with E-state index in [4.69, 9.17) is 0 Å². The van der Waals surface area contributed by atoms with E-state index in [2.05, 4.69) is 10.3 Å². The van der Waals surface area contributed by atoms with E-state index in [1.807, 2.05) is 13.0 Å². The molecule has 2 aromatic rings. The molecular formula is C16H13N3O3.